The molecule has 2 aliphatic heterocycles. The highest BCUT2D eigenvalue weighted by Gasteiger charge is 2.34. The number of piperidine rings is 1. The van der Waals surface area contributed by atoms with Crippen LogP contribution in [0.3, 0.4) is 0 Å². The first kappa shape index (κ1) is 16.9. The summed E-state index contributed by atoms with van der Waals surface area (Å²) in [5.74, 6) is 0.532. The number of nitrogens with zero attached hydrogens (tertiary/aromatic N) is 2. The first-order chi connectivity index (χ1) is 11.5. The van der Waals surface area contributed by atoms with Gasteiger partial charge in [0.15, 0.2) is 5.84 Å². The second-order valence-electron chi connectivity index (χ2n) is 6.08. The monoisotopic (exact) mass is 350 g/mol. The number of nitrogens with two attached hydrogens (primary N) is 1. The quantitative estimate of drug-likeness (QED) is 0.761. The Kier molecular flexibility index (Phi) is 4.86. The molecule has 0 bridgehead atoms. The van der Waals surface area contributed by atoms with E-state index in [1.165, 1.54) is 0 Å². The average Bonchev–Trinajstić information content (AvgIpc) is 2.87. The lowest BCUT2D eigenvalue weighted by Crippen LogP contribution is -2.43. The fourth-order valence-corrected chi connectivity index (χ4v) is 4.36. The average molecular weight is 350 g/mol. The molecule has 1 amide bonds. The summed E-state index contributed by atoms with van der Waals surface area (Å²) in [5, 5.41) is 2.90. The van der Waals surface area contributed by atoms with E-state index in [9.17, 15) is 13.2 Å². The van der Waals surface area contributed by atoms with Crippen molar-refractivity contribution in [3.05, 3.63) is 29.8 Å². The maximum Gasteiger partial charge on any atom is 0.285 e. The lowest BCUT2D eigenvalue weighted by Gasteiger charge is -2.32. The van der Waals surface area contributed by atoms with Crippen LogP contribution >= 0.6 is 0 Å². The minimum Gasteiger partial charge on any atom is -0.356 e. The third-order valence-corrected chi connectivity index (χ3v) is 5.78. The third kappa shape index (κ3) is 3.29. The van der Waals surface area contributed by atoms with E-state index >= 15 is 0 Å². The Labute approximate surface area is 142 Å². The SMILES string of the molecule is NCCCNC(=O)C1CCN(C2=NS(=O)(=O)c3ccccc32)CC1. The zero-order valence-corrected chi connectivity index (χ0v) is 14.3. The second-order valence-corrected chi connectivity index (χ2v) is 7.65. The topological polar surface area (TPSA) is 105 Å². The van der Waals surface area contributed by atoms with E-state index in [1.807, 2.05) is 11.0 Å². The van der Waals surface area contributed by atoms with Crippen molar-refractivity contribution in [1.82, 2.24) is 10.2 Å². The zero-order valence-electron chi connectivity index (χ0n) is 13.4. The Balaban J connectivity index is 1.65. The van der Waals surface area contributed by atoms with Crippen LogP contribution in [-0.4, -0.2) is 51.2 Å². The van der Waals surface area contributed by atoms with E-state index in [0.717, 1.165) is 6.42 Å². The molecule has 0 unspecified atom stereocenters. The van der Waals surface area contributed by atoms with Crippen LogP contribution in [-0.2, 0) is 14.8 Å². The Hall–Kier alpha value is -1.93. The number of rotatable bonds is 4. The van der Waals surface area contributed by atoms with Gasteiger partial charge >= 0.3 is 0 Å². The maximum atomic E-state index is 12.1. The highest BCUT2D eigenvalue weighted by molar-refractivity contribution is 7.90. The minimum atomic E-state index is -3.59. The van der Waals surface area contributed by atoms with Crippen LogP contribution in [0.1, 0.15) is 24.8 Å². The van der Waals surface area contributed by atoms with Crippen molar-refractivity contribution in [2.24, 2.45) is 16.0 Å². The molecule has 1 fully saturated rings. The highest BCUT2D eigenvalue weighted by Crippen LogP contribution is 2.29. The van der Waals surface area contributed by atoms with Gasteiger partial charge in [0.2, 0.25) is 5.91 Å². The van der Waals surface area contributed by atoms with E-state index in [1.54, 1.807) is 18.2 Å². The van der Waals surface area contributed by atoms with E-state index in [-0.39, 0.29) is 16.7 Å². The molecule has 8 heteroatoms. The molecule has 24 heavy (non-hydrogen) atoms. The van der Waals surface area contributed by atoms with Crippen molar-refractivity contribution in [3.63, 3.8) is 0 Å². The van der Waals surface area contributed by atoms with Crippen LogP contribution in [0.15, 0.2) is 33.6 Å². The van der Waals surface area contributed by atoms with E-state index in [2.05, 4.69) is 9.71 Å². The summed E-state index contributed by atoms with van der Waals surface area (Å²) in [6.45, 7) is 2.41. The van der Waals surface area contributed by atoms with Gasteiger partial charge in [0.25, 0.3) is 10.0 Å². The molecule has 2 aliphatic rings. The molecular weight excluding hydrogens is 328 g/mol. The van der Waals surface area contributed by atoms with Crippen LogP contribution in [0.25, 0.3) is 0 Å². The van der Waals surface area contributed by atoms with Crippen molar-refractivity contribution in [2.45, 2.75) is 24.2 Å². The predicted molar refractivity (Wildman–Crippen MR) is 91.1 cm³/mol. The van der Waals surface area contributed by atoms with Gasteiger partial charge in [-0.05, 0) is 37.9 Å². The van der Waals surface area contributed by atoms with Gasteiger partial charge in [0, 0.05) is 31.1 Å². The van der Waals surface area contributed by atoms with E-state index in [0.29, 0.717) is 50.4 Å². The Morgan fingerprint density at radius 3 is 2.71 bits per heavy atom. The molecule has 0 spiro atoms. The second kappa shape index (κ2) is 6.90. The predicted octanol–water partition coefficient (Wildman–Crippen LogP) is 0.313. The summed E-state index contributed by atoms with van der Waals surface area (Å²) in [4.78, 5) is 14.3. The lowest BCUT2D eigenvalue weighted by atomic mass is 9.95. The first-order valence-electron chi connectivity index (χ1n) is 8.20. The van der Waals surface area contributed by atoms with Gasteiger partial charge in [0.05, 0.1) is 0 Å². The molecule has 0 aromatic heterocycles. The minimum absolute atomic E-state index is 0.0344. The van der Waals surface area contributed by atoms with Gasteiger partial charge in [-0.15, -0.1) is 4.40 Å². The molecule has 0 radical (unpaired) electrons. The largest absolute Gasteiger partial charge is 0.356 e. The van der Waals surface area contributed by atoms with Crippen molar-refractivity contribution < 1.29 is 13.2 Å². The number of hydrogen-bond donors (Lipinski definition) is 2. The van der Waals surface area contributed by atoms with E-state index < -0.39 is 10.0 Å². The molecule has 2 heterocycles. The van der Waals surface area contributed by atoms with Crippen molar-refractivity contribution in [3.8, 4) is 0 Å². The molecule has 1 aromatic carbocycles. The molecule has 3 rings (SSSR count). The summed E-state index contributed by atoms with van der Waals surface area (Å²) >= 11 is 0. The van der Waals surface area contributed by atoms with Gasteiger partial charge in [-0.3, -0.25) is 4.79 Å². The molecule has 130 valence electrons. The fourth-order valence-electron chi connectivity index (χ4n) is 3.13. The number of carbonyl (C=O) groups excluding carboxylic acids is 1. The Morgan fingerprint density at radius 2 is 2.00 bits per heavy atom. The smallest absolute Gasteiger partial charge is 0.285 e. The number of likely N-dealkylation sites (tertiary alicyclic amines) is 1. The maximum absolute atomic E-state index is 12.1. The molecular formula is C16H22N4O3S. The van der Waals surface area contributed by atoms with Crippen molar-refractivity contribution in [1.29, 1.82) is 0 Å². The fraction of sp³-hybridized carbons (Fsp3) is 0.500. The highest BCUT2D eigenvalue weighted by atomic mass is 32.2. The van der Waals surface area contributed by atoms with Crippen molar-refractivity contribution in [2.75, 3.05) is 26.2 Å². The number of sulfonamides is 1. The van der Waals surface area contributed by atoms with Crippen LogP contribution < -0.4 is 11.1 Å². The molecule has 3 N–H and O–H groups in total. The van der Waals surface area contributed by atoms with Gasteiger partial charge in [-0.1, -0.05) is 12.1 Å². The zero-order chi connectivity index (χ0) is 17.2. The summed E-state index contributed by atoms with van der Waals surface area (Å²) in [5.41, 5.74) is 6.08. The molecule has 1 saturated heterocycles. The number of carbonyl (C=O) groups is 1. The third-order valence-electron chi connectivity index (χ3n) is 4.46. The molecule has 0 saturated carbocycles. The standard InChI is InChI=1S/C16H22N4O3S/c17-8-3-9-18-16(21)12-6-10-20(11-7-12)15-13-4-1-2-5-14(13)24(22,23)19-15/h1-2,4-5,12H,3,6-11,17H2,(H,18,21). The summed E-state index contributed by atoms with van der Waals surface area (Å²) in [6.07, 6.45) is 2.15. The first-order valence-corrected chi connectivity index (χ1v) is 9.64. The van der Waals surface area contributed by atoms with E-state index in [4.69, 9.17) is 5.73 Å². The van der Waals surface area contributed by atoms with Crippen LogP contribution in [0.5, 0.6) is 0 Å². The summed E-state index contributed by atoms with van der Waals surface area (Å²) in [7, 11) is -3.59. The number of fused-ring (bicyclic) bond motifs is 1. The van der Waals surface area contributed by atoms with Crippen LogP contribution in [0, 0.1) is 5.92 Å². The molecule has 0 aliphatic carbocycles. The molecule has 0 atom stereocenters. The number of amides is 1. The van der Waals surface area contributed by atoms with Gasteiger partial charge in [-0.2, -0.15) is 8.42 Å². The van der Waals surface area contributed by atoms with Crippen LogP contribution in [0.2, 0.25) is 0 Å². The molecule has 1 aromatic rings. The number of benzene rings is 1. The Bertz CT molecular complexity index is 752. The van der Waals surface area contributed by atoms with Crippen LogP contribution in [0.4, 0.5) is 0 Å². The van der Waals surface area contributed by atoms with Gasteiger partial charge in [0.1, 0.15) is 4.90 Å². The summed E-state index contributed by atoms with van der Waals surface area (Å²) < 4.78 is 28.2. The normalized spacial score (nSPS) is 19.7. The number of nitrogens with one attached hydrogen (secondary N) is 1. The van der Waals surface area contributed by atoms with Gasteiger partial charge in [-0.25, -0.2) is 0 Å². The number of amidine groups is 1. The van der Waals surface area contributed by atoms with Gasteiger partial charge < -0.3 is 16.0 Å². The summed E-state index contributed by atoms with van der Waals surface area (Å²) in [6, 6.07) is 6.88. The molecule has 7 nitrogen and oxygen atoms in total. The number of hydrogen-bond acceptors (Lipinski definition) is 5. The lowest BCUT2D eigenvalue weighted by molar-refractivity contribution is -0.126. The Morgan fingerprint density at radius 1 is 1.29 bits per heavy atom. The van der Waals surface area contributed by atoms with Crippen molar-refractivity contribution >= 4 is 21.8 Å².